The first-order valence-electron chi connectivity index (χ1n) is 5.00. The Hall–Kier alpha value is -1.00. The Morgan fingerprint density at radius 2 is 2.13 bits per heavy atom. The highest BCUT2D eigenvalue weighted by Crippen LogP contribution is 2.09. The molecule has 0 saturated heterocycles. The molecular weight excluding hydrogens is 198 g/mol. The molecular formula is C11H16F2N2. The first-order valence-corrected chi connectivity index (χ1v) is 5.00. The summed E-state index contributed by atoms with van der Waals surface area (Å²) < 4.78 is 25.9. The highest BCUT2D eigenvalue weighted by Gasteiger charge is 2.03. The SMILES string of the molecule is CC(N)CNCCc1cc(F)ccc1F. The predicted molar refractivity (Wildman–Crippen MR) is 56.6 cm³/mol. The highest BCUT2D eigenvalue weighted by atomic mass is 19.1. The van der Waals surface area contributed by atoms with Gasteiger partial charge in [0, 0.05) is 12.6 Å². The van der Waals surface area contributed by atoms with E-state index in [4.69, 9.17) is 5.73 Å². The number of hydrogen-bond acceptors (Lipinski definition) is 2. The fourth-order valence-corrected chi connectivity index (χ4v) is 1.29. The molecule has 0 heterocycles. The molecule has 15 heavy (non-hydrogen) atoms. The highest BCUT2D eigenvalue weighted by molar-refractivity contribution is 5.18. The molecule has 0 aliphatic rings. The van der Waals surface area contributed by atoms with E-state index in [1.165, 1.54) is 6.07 Å². The second kappa shape index (κ2) is 5.78. The van der Waals surface area contributed by atoms with Gasteiger partial charge in [0.25, 0.3) is 0 Å². The average Bonchev–Trinajstić information content (AvgIpc) is 2.17. The van der Waals surface area contributed by atoms with Crippen LogP contribution in [0.5, 0.6) is 0 Å². The molecule has 0 fully saturated rings. The molecule has 1 unspecified atom stereocenters. The smallest absolute Gasteiger partial charge is 0.126 e. The molecule has 0 aromatic heterocycles. The summed E-state index contributed by atoms with van der Waals surface area (Å²) >= 11 is 0. The van der Waals surface area contributed by atoms with Crippen molar-refractivity contribution in [3.63, 3.8) is 0 Å². The molecule has 0 amide bonds. The quantitative estimate of drug-likeness (QED) is 0.728. The van der Waals surface area contributed by atoms with Crippen LogP contribution in [-0.4, -0.2) is 19.1 Å². The predicted octanol–water partition coefficient (Wildman–Crippen LogP) is 1.44. The molecule has 0 aliphatic heterocycles. The zero-order chi connectivity index (χ0) is 11.3. The van der Waals surface area contributed by atoms with Gasteiger partial charge in [0.1, 0.15) is 11.6 Å². The van der Waals surface area contributed by atoms with Gasteiger partial charge in [-0.05, 0) is 43.7 Å². The van der Waals surface area contributed by atoms with Crippen LogP contribution in [-0.2, 0) is 6.42 Å². The van der Waals surface area contributed by atoms with E-state index in [1.54, 1.807) is 0 Å². The number of halogens is 2. The minimum absolute atomic E-state index is 0.0716. The van der Waals surface area contributed by atoms with Gasteiger partial charge in [-0.3, -0.25) is 0 Å². The van der Waals surface area contributed by atoms with Crippen molar-refractivity contribution < 1.29 is 8.78 Å². The Morgan fingerprint density at radius 1 is 1.40 bits per heavy atom. The van der Waals surface area contributed by atoms with E-state index in [9.17, 15) is 8.78 Å². The third-order valence-electron chi connectivity index (χ3n) is 2.05. The Kier molecular flexibility index (Phi) is 4.65. The van der Waals surface area contributed by atoms with Crippen LogP contribution in [0.4, 0.5) is 8.78 Å². The van der Waals surface area contributed by atoms with Gasteiger partial charge in [0.2, 0.25) is 0 Å². The first-order chi connectivity index (χ1) is 7.09. The molecule has 0 spiro atoms. The largest absolute Gasteiger partial charge is 0.327 e. The molecule has 4 heteroatoms. The standard InChI is InChI=1S/C11H16F2N2/c1-8(14)7-15-5-4-9-6-10(12)2-3-11(9)13/h2-3,6,8,15H,4-5,7,14H2,1H3. The van der Waals surface area contributed by atoms with Crippen molar-refractivity contribution in [2.75, 3.05) is 13.1 Å². The summed E-state index contributed by atoms with van der Waals surface area (Å²) in [6, 6.07) is 3.57. The Labute approximate surface area is 88.5 Å². The van der Waals surface area contributed by atoms with E-state index >= 15 is 0 Å². The van der Waals surface area contributed by atoms with Crippen molar-refractivity contribution in [3.05, 3.63) is 35.4 Å². The van der Waals surface area contributed by atoms with Gasteiger partial charge in [0.15, 0.2) is 0 Å². The fourth-order valence-electron chi connectivity index (χ4n) is 1.29. The third kappa shape index (κ3) is 4.36. The maximum Gasteiger partial charge on any atom is 0.126 e. The van der Waals surface area contributed by atoms with Crippen LogP contribution < -0.4 is 11.1 Å². The van der Waals surface area contributed by atoms with Gasteiger partial charge in [-0.1, -0.05) is 0 Å². The van der Waals surface area contributed by atoms with Gasteiger partial charge < -0.3 is 11.1 Å². The lowest BCUT2D eigenvalue weighted by molar-refractivity contribution is 0.568. The minimum Gasteiger partial charge on any atom is -0.327 e. The van der Waals surface area contributed by atoms with Gasteiger partial charge in [-0.25, -0.2) is 8.78 Å². The Morgan fingerprint density at radius 3 is 2.80 bits per heavy atom. The van der Waals surface area contributed by atoms with E-state index in [-0.39, 0.29) is 11.9 Å². The average molecular weight is 214 g/mol. The first kappa shape index (κ1) is 12.1. The van der Waals surface area contributed by atoms with Gasteiger partial charge >= 0.3 is 0 Å². The molecule has 1 rings (SSSR count). The number of nitrogens with one attached hydrogen (secondary N) is 1. The molecule has 0 radical (unpaired) electrons. The van der Waals surface area contributed by atoms with E-state index in [2.05, 4.69) is 5.32 Å². The van der Waals surface area contributed by atoms with Crippen LogP contribution in [0, 0.1) is 11.6 Å². The molecule has 3 N–H and O–H groups in total. The molecule has 84 valence electrons. The van der Waals surface area contributed by atoms with Gasteiger partial charge in [-0.15, -0.1) is 0 Å². The van der Waals surface area contributed by atoms with Crippen molar-refractivity contribution in [2.45, 2.75) is 19.4 Å². The monoisotopic (exact) mass is 214 g/mol. The van der Waals surface area contributed by atoms with Gasteiger partial charge in [0.05, 0.1) is 0 Å². The van der Waals surface area contributed by atoms with E-state index in [1.807, 2.05) is 6.92 Å². The van der Waals surface area contributed by atoms with E-state index in [0.717, 1.165) is 12.1 Å². The summed E-state index contributed by atoms with van der Waals surface area (Å²) in [6.07, 6.45) is 0.469. The second-order valence-electron chi connectivity index (χ2n) is 3.67. The molecule has 1 aromatic carbocycles. The van der Waals surface area contributed by atoms with E-state index < -0.39 is 5.82 Å². The van der Waals surface area contributed by atoms with Crippen LogP contribution in [0.25, 0.3) is 0 Å². The lowest BCUT2D eigenvalue weighted by atomic mass is 10.1. The molecule has 1 aromatic rings. The summed E-state index contributed by atoms with van der Waals surface area (Å²) in [6.45, 7) is 3.16. The Bertz CT molecular complexity index is 313. The van der Waals surface area contributed by atoms with Crippen molar-refractivity contribution in [1.29, 1.82) is 0 Å². The van der Waals surface area contributed by atoms with Crippen molar-refractivity contribution >= 4 is 0 Å². The summed E-state index contributed by atoms with van der Waals surface area (Å²) in [4.78, 5) is 0. The molecule has 2 nitrogen and oxygen atoms in total. The molecule has 0 saturated carbocycles. The Balaban J connectivity index is 2.40. The molecule has 0 bridgehead atoms. The number of hydrogen-bond donors (Lipinski definition) is 2. The lowest BCUT2D eigenvalue weighted by Gasteiger charge is -2.07. The maximum absolute atomic E-state index is 13.1. The van der Waals surface area contributed by atoms with Crippen molar-refractivity contribution in [1.82, 2.24) is 5.32 Å². The second-order valence-corrected chi connectivity index (χ2v) is 3.67. The zero-order valence-corrected chi connectivity index (χ0v) is 8.76. The number of nitrogens with two attached hydrogens (primary N) is 1. The van der Waals surface area contributed by atoms with Crippen LogP contribution >= 0.6 is 0 Å². The van der Waals surface area contributed by atoms with Crippen LogP contribution in [0.2, 0.25) is 0 Å². The fraction of sp³-hybridized carbons (Fsp3) is 0.455. The molecule has 0 aliphatic carbocycles. The van der Waals surface area contributed by atoms with Crippen LogP contribution in [0.3, 0.4) is 0 Å². The summed E-state index contributed by atoms with van der Waals surface area (Å²) in [5.74, 6) is -0.766. The maximum atomic E-state index is 13.1. The minimum atomic E-state index is -0.404. The number of benzene rings is 1. The topological polar surface area (TPSA) is 38.0 Å². The third-order valence-corrected chi connectivity index (χ3v) is 2.05. The van der Waals surface area contributed by atoms with Crippen LogP contribution in [0.1, 0.15) is 12.5 Å². The number of rotatable bonds is 5. The van der Waals surface area contributed by atoms with Crippen LogP contribution in [0.15, 0.2) is 18.2 Å². The molecule has 1 atom stereocenters. The lowest BCUT2D eigenvalue weighted by Crippen LogP contribution is -2.32. The summed E-state index contributed by atoms with van der Waals surface area (Å²) in [5, 5.41) is 3.07. The zero-order valence-electron chi connectivity index (χ0n) is 8.76. The summed E-state index contributed by atoms with van der Waals surface area (Å²) in [5.41, 5.74) is 5.92. The van der Waals surface area contributed by atoms with Crippen molar-refractivity contribution in [2.24, 2.45) is 5.73 Å². The van der Waals surface area contributed by atoms with Crippen molar-refractivity contribution in [3.8, 4) is 0 Å². The summed E-state index contributed by atoms with van der Waals surface area (Å²) in [7, 11) is 0. The normalized spacial score (nSPS) is 12.8. The van der Waals surface area contributed by atoms with E-state index in [0.29, 0.717) is 25.1 Å². The van der Waals surface area contributed by atoms with Gasteiger partial charge in [-0.2, -0.15) is 0 Å².